The number of hydrogen-bond donors (Lipinski definition) is 1. The van der Waals surface area contributed by atoms with E-state index in [1.165, 1.54) is 11.1 Å². The van der Waals surface area contributed by atoms with Crippen molar-refractivity contribution >= 4 is 11.7 Å². The summed E-state index contributed by atoms with van der Waals surface area (Å²) >= 11 is 0. The van der Waals surface area contributed by atoms with Gasteiger partial charge in [-0.25, -0.2) is 4.68 Å². The molecule has 1 aliphatic heterocycles. The average molecular weight is 323 g/mol. The van der Waals surface area contributed by atoms with Gasteiger partial charge in [-0.2, -0.15) is 10.4 Å². The van der Waals surface area contributed by atoms with Crippen LogP contribution < -0.4 is 5.73 Å². The maximum atomic E-state index is 12.4. The van der Waals surface area contributed by atoms with Crippen molar-refractivity contribution in [3.05, 3.63) is 35.4 Å². The molecule has 1 aromatic carbocycles. The molecule has 3 rings (SSSR count). The number of piperidine rings is 1. The van der Waals surface area contributed by atoms with Gasteiger partial charge in [0.1, 0.15) is 29.7 Å². The molecule has 1 aliphatic rings. The fraction of sp³-hybridized carbons (Fsp3) is 0.389. The summed E-state index contributed by atoms with van der Waals surface area (Å²) < 4.78 is 1.45. The lowest BCUT2D eigenvalue weighted by atomic mass is 10.1. The van der Waals surface area contributed by atoms with E-state index >= 15 is 0 Å². The first-order valence-corrected chi connectivity index (χ1v) is 8.21. The standard InChI is InChI=1S/C18H21N5O/c1-13-5-7-14(8-6-13)17-15(11-19)18(20)23(21-17)12-16(24)22-9-3-2-4-10-22/h5-8H,2-4,9-10,12,20H2,1H3. The maximum absolute atomic E-state index is 12.4. The van der Waals surface area contributed by atoms with Gasteiger partial charge in [-0.05, 0) is 26.2 Å². The van der Waals surface area contributed by atoms with Gasteiger partial charge >= 0.3 is 0 Å². The van der Waals surface area contributed by atoms with Crippen molar-refractivity contribution in [3.8, 4) is 17.3 Å². The number of carbonyl (C=O) groups excluding carboxylic acids is 1. The SMILES string of the molecule is Cc1ccc(-c2nn(CC(=O)N3CCCCC3)c(N)c2C#N)cc1. The third kappa shape index (κ3) is 3.11. The lowest BCUT2D eigenvalue weighted by molar-refractivity contribution is -0.132. The molecule has 6 nitrogen and oxygen atoms in total. The van der Waals surface area contributed by atoms with Crippen molar-refractivity contribution < 1.29 is 4.79 Å². The second-order valence-corrected chi connectivity index (χ2v) is 6.19. The average Bonchev–Trinajstić information content (AvgIpc) is 2.92. The summed E-state index contributed by atoms with van der Waals surface area (Å²) in [6.45, 7) is 3.65. The fourth-order valence-corrected chi connectivity index (χ4v) is 2.99. The van der Waals surface area contributed by atoms with Crippen molar-refractivity contribution in [1.82, 2.24) is 14.7 Å². The number of aryl methyl sites for hydroxylation is 1. The number of anilines is 1. The number of nitrogen functional groups attached to an aromatic ring is 1. The van der Waals surface area contributed by atoms with Gasteiger partial charge in [-0.15, -0.1) is 0 Å². The molecule has 1 aromatic heterocycles. The topological polar surface area (TPSA) is 87.9 Å². The molecule has 24 heavy (non-hydrogen) atoms. The Hall–Kier alpha value is -2.81. The molecule has 0 atom stereocenters. The number of nitrogens with two attached hydrogens (primary N) is 1. The Morgan fingerprint density at radius 3 is 2.54 bits per heavy atom. The normalized spacial score (nSPS) is 14.4. The molecule has 0 unspecified atom stereocenters. The number of hydrogen-bond acceptors (Lipinski definition) is 4. The molecule has 2 aromatic rings. The molecule has 0 saturated carbocycles. The van der Waals surface area contributed by atoms with E-state index in [9.17, 15) is 10.1 Å². The zero-order chi connectivity index (χ0) is 17.1. The highest BCUT2D eigenvalue weighted by molar-refractivity contribution is 5.78. The quantitative estimate of drug-likeness (QED) is 0.939. The van der Waals surface area contributed by atoms with Gasteiger partial charge in [-0.3, -0.25) is 4.79 Å². The summed E-state index contributed by atoms with van der Waals surface area (Å²) in [5.74, 6) is 0.252. The summed E-state index contributed by atoms with van der Waals surface area (Å²) in [6, 6.07) is 9.87. The van der Waals surface area contributed by atoms with E-state index < -0.39 is 0 Å². The molecule has 0 aliphatic carbocycles. The minimum atomic E-state index is 0.00356. The van der Waals surface area contributed by atoms with E-state index in [2.05, 4.69) is 11.2 Å². The Morgan fingerprint density at radius 1 is 1.25 bits per heavy atom. The van der Waals surface area contributed by atoms with Gasteiger partial charge in [0.2, 0.25) is 5.91 Å². The lowest BCUT2D eigenvalue weighted by Gasteiger charge is -2.26. The molecule has 1 fully saturated rings. The largest absolute Gasteiger partial charge is 0.383 e. The number of rotatable bonds is 3. The minimum Gasteiger partial charge on any atom is -0.383 e. The monoisotopic (exact) mass is 323 g/mol. The summed E-state index contributed by atoms with van der Waals surface area (Å²) in [4.78, 5) is 14.3. The molecule has 2 heterocycles. The van der Waals surface area contributed by atoms with Gasteiger partial charge in [0.05, 0.1) is 0 Å². The smallest absolute Gasteiger partial charge is 0.244 e. The Bertz CT molecular complexity index is 779. The van der Waals surface area contributed by atoms with Crippen LogP contribution in [0.15, 0.2) is 24.3 Å². The van der Waals surface area contributed by atoms with Gasteiger partial charge in [0.25, 0.3) is 0 Å². The molecule has 0 bridgehead atoms. The van der Waals surface area contributed by atoms with Gasteiger partial charge < -0.3 is 10.6 Å². The number of likely N-dealkylation sites (tertiary alicyclic amines) is 1. The second kappa shape index (κ2) is 6.75. The molecule has 0 spiro atoms. The first-order valence-electron chi connectivity index (χ1n) is 8.21. The second-order valence-electron chi connectivity index (χ2n) is 6.19. The van der Waals surface area contributed by atoms with Crippen LogP contribution in [0, 0.1) is 18.3 Å². The predicted molar refractivity (Wildman–Crippen MR) is 92.0 cm³/mol. The van der Waals surface area contributed by atoms with E-state index in [1.807, 2.05) is 36.1 Å². The summed E-state index contributed by atoms with van der Waals surface area (Å²) in [5, 5.41) is 13.9. The summed E-state index contributed by atoms with van der Waals surface area (Å²) in [6.07, 6.45) is 3.25. The van der Waals surface area contributed by atoms with Crippen LogP contribution in [-0.2, 0) is 11.3 Å². The summed E-state index contributed by atoms with van der Waals surface area (Å²) in [7, 11) is 0. The minimum absolute atomic E-state index is 0.00356. The highest BCUT2D eigenvalue weighted by atomic mass is 16.2. The van der Waals surface area contributed by atoms with E-state index in [0.29, 0.717) is 11.3 Å². The van der Waals surface area contributed by atoms with Crippen LogP contribution >= 0.6 is 0 Å². The highest BCUT2D eigenvalue weighted by Crippen LogP contribution is 2.27. The van der Waals surface area contributed by atoms with Crippen LogP contribution in [0.5, 0.6) is 0 Å². The van der Waals surface area contributed by atoms with Crippen LogP contribution in [0.2, 0.25) is 0 Å². The summed E-state index contributed by atoms with van der Waals surface area (Å²) in [5.41, 5.74) is 8.88. The molecule has 1 saturated heterocycles. The number of nitrogens with zero attached hydrogens (tertiary/aromatic N) is 4. The Kier molecular flexibility index (Phi) is 4.52. The van der Waals surface area contributed by atoms with Gasteiger partial charge in [-0.1, -0.05) is 29.8 Å². The highest BCUT2D eigenvalue weighted by Gasteiger charge is 2.22. The van der Waals surface area contributed by atoms with Crippen LogP contribution in [0.1, 0.15) is 30.4 Å². The lowest BCUT2D eigenvalue weighted by Crippen LogP contribution is -2.38. The first-order chi connectivity index (χ1) is 11.6. The van der Waals surface area contributed by atoms with E-state index in [0.717, 1.165) is 37.1 Å². The third-order valence-corrected chi connectivity index (χ3v) is 4.42. The Balaban J connectivity index is 1.88. The van der Waals surface area contributed by atoms with E-state index in [4.69, 9.17) is 5.73 Å². The molecule has 124 valence electrons. The van der Waals surface area contributed by atoms with E-state index in [1.54, 1.807) is 0 Å². The molecule has 2 N–H and O–H groups in total. The zero-order valence-electron chi connectivity index (χ0n) is 13.8. The predicted octanol–water partition coefficient (Wildman–Crippen LogP) is 2.32. The molecule has 0 radical (unpaired) electrons. The first kappa shape index (κ1) is 16.1. The third-order valence-electron chi connectivity index (χ3n) is 4.42. The molecule has 6 heteroatoms. The van der Waals surface area contributed by atoms with Crippen LogP contribution in [-0.4, -0.2) is 33.7 Å². The van der Waals surface area contributed by atoms with Crippen molar-refractivity contribution in [3.63, 3.8) is 0 Å². The van der Waals surface area contributed by atoms with Gasteiger partial charge in [0, 0.05) is 18.7 Å². The van der Waals surface area contributed by atoms with Crippen LogP contribution in [0.3, 0.4) is 0 Å². The zero-order valence-corrected chi connectivity index (χ0v) is 13.8. The number of benzene rings is 1. The number of amides is 1. The van der Waals surface area contributed by atoms with Crippen molar-refractivity contribution in [1.29, 1.82) is 5.26 Å². The molecular formula is C18H21N5O. The Morgan fingerprint density at radius 2 is 1.92 bits per heavy atom. The number of aromatic nitrogens is 2. The maximum Gasteiger partial charge on any atom is 0.244 e. The number of nitriles is 1. The van der Waals surface area contributed by atoms with Crippen LogP contribution in [0.25, 0.3) is 11.3 Å². The van der Waals surface area contributed by atoms with Crippen molar-refractivity contribution in [2.24, 2.45) is 0 Å². The number of carbonyl (C=O) groups is 1. The Labute approximate surface area is 141 Å². The molecular weight excluding hydrogens is 302 g/mol. The van der Waals surface area contributed by atoms with Crippen molar-refractivity contribution in [2.75, 3.05) is 18.8 Å². The van der Waals surface area contributed by atoms with Gasteiger partial charge in [0.15, 0.2) is 0 Å². The van der Waals surface area contributed by atoms with E-state index in [-0.39, 0.29) is 18.3 Å². The fourth-order valence-electron chi connectivity index (χ4n) is 2.99. The van der Waals surface area contributed by atoms with Crippen molar-refractivity contribution in [2.45, 2.75) is 32.7 Å². The van der Waals surface area contributed by atoms with Crippen LogP contribution in [0.4, 0.5) is 5.82 Å². The molecule has 1 amide bonds.